The molecule has 0 N–H and O–H groups in total. The van der Waals surface area contributed by atoms with E-state index in [1.54, 1.807) is 30.6 Å². The molecule has 0 aliphatic heterocycles. The summed E-state index contributed by atoms with van der Waals surface area (Å²) in [4.78, 5) is 17.1. The molecule has 0 spiro atoms. The lowest BCUT2D eigenvalue weighted by atomic mass is 10.1. The van der Waals surface area contributed by atoms with Gasteiger partial charge in [-0.1, -0.05) is 54.2 Å². The molecule has 0 amide bonds. The maximum atomic E-state index is 12.3. The van der Waals surface area contributed by atoms with Crippen molar-refractivity contribution in [1.82, 2.24) is 19.8 Å². The summed E-state index contributed by atoms with van der Waals surface area (Å²) in [5.74, 6) is 0.726. The van der Waals surface area contributed by atoms with E-state index in [0.29, 0.717) is 0 Å². The number of aromatic nitrogens is 4. The van der Waals surface area contributed by atoms with Crippen LogP contribution in [0.25, 0.3) is 5.69 Å². The van der Waals surface area contributed by atoms with Gasteiger partial charge in [0, 0.05) is 19.3 Å². The van der Waals surface area contributed by atoms with E-state index in [1.807, 2.05) is 18.2 Å². The van der Waals surface area contributed by atoms with Gasteiger partial charge < -0.3 is 0 Å². The Hall–Kier alpha value is -2.32. The smallest absolute Gasteiger partial charge is 0.272 e. The number of thioether (sulfide) groups is 2. The van der Waals surface area contributed by atoms with Crippen molar-refractivity contribution < 1.29 is 0 Å². The molecule has 0 bridgehead atoms. The van der Waals surface area contributed by atoms with Gasteiger partial charge in [-0.2, -0.15) is 9.36 Å². The van der Waals surface area contributed by atoms with Crippen LogP contribution in [0.15, 0.2) is 58.3 Å². The van der Waals surface area contributed by atoms with E-state index in [0.717, 1.165) is 46.3 Å². The third-order valence-electron chi connectivity index (χ3n) is 4.56. The Balaban J connectivity index is 1.66. The zero-order valence-corrected chi connectivity index (χ0v) is 18.5. The fourth-order valence-corrected chi connectivity index (χ4v) is 4.63. The molecule has 0 radical (unpaired) electrons. The molecule has 0 unspecified atom stereocenters. The summed E-state index contributed by atoms with van der Waals surface area (Å²) >= 11 is 3.36. The number of tetrazole rings is 1. The van der Waals surface area contributed by atoms with Crippen molar-refractivity contribution in [2.75, 3.05) is 12.8 Å². The molecular formula is C21H25N5OS2. The maximum absolute atomic E-state index is 12.3. The molecule has 0 saturated heterocycles. The van der Waals surface area contributed by atoms with Crippen LogP contribution in [-0.4, -0.2) is 37.0 Å². The second-order valence-corrected chi connectivity index (χ2v) is 8.62. The quantitative estimate of drug-likeness (QED) is 0.325. The molecular weight excluding hydrogens is 402 g/mol. The van der Waals surface area contributed by atoms with E-state index < -0.39 is 0 Å². The number of aliphatic imine (C=N–C) groups is 1. The molecule has 0 saturated carbocycles. The van der Waals surface area contributed by atoms with E-state index in [2.05, 4.69) is 53.9 Å². The average molecular weight is 428 g/mol. The summed E-state index contributed by atoms with van der Waals surface area (Å²) in [7, 11) is 1.60. The highest BCUT2D eigenvalue weighted by molar-refractivity contribution is 8.38. The molecule has 2 aromatic carbocycles. The van der Waals surface area contributed by atoms with Crippen LogP contribution in [0.2, 0.25) is 0 Å². The fourth-order valence-electron chi connectivity index (χ4n) is 2.94. The largest absolute Gasteiger partial charge is 0.368 e. The minimum absolute atomic E-state index is 0.249. The SMILES string of the molecule is CS/C(=N\CCCc1ccccc1)SCc1c(C)cccc1-n1nnn(C)c1=O. The highest BCUT2D eigenvalue weighted by Crippen LogP contribution is 2.26. The Labute approximate surface area is 179 Å². The van der Waals surface area contributed by atoms with Crippen LogP contribution in [-0.2, 0) is 19.2 Å². The van der Waals surface area contributed by atoms with Crippen molar-refractivity contribution in [3.63, 3.8) is 0 Å². The molecule has 3 aromatic rings. The Morgan fingerprint density at radius 3 is 2.59 bits per heavy atom. The average Bonchev–Trinajstić information content (AvgIpc) is 3.07. The number of benzene rings is 2. The third-order valence-corrected chi connectivity index (χ3v) is 6.70. The zero-order valence-electron chi connectivity index (χ0n) is 16.9. The van der Waals surface area contributed by atoms with Crippen LogP contribution in [0.1, 0.15) is 23.1 Å². The second kappa shape index (κ2) is 10.5. The maximum Gasteiger partial charge on any atom is 0.368 e. The van der Waals surface area contributed by atoms with Gasteiger partial charge >= 0.3 is 5.69 Å². The molecule has 29 heavy (non-hydrogen) atoms. The molecule has 8 heteroatoms. The monoisotopic (exact) mass is 427 g/mol. The van der Waals surface area contributed by atoms with Crippen molar-refractivity contribution >= 4 is 27.9 Å². The van der Waals surface area contributed by atoms with Gasteiger partial charge in [0.25, 0.3) is 0 Å². The van der Waals surface area contributed by atoms with Gasteiger partial charge in [0.15, 0.2) is 0 Å². The van der Waals surface area contributed by atoms with Gasteiger partial charge in [-0.15, -0.1) is 11.8 Å². The summed E-state index contributed by atoms with van der Waals surface area (Å²) < 4.78 is 3.65. The number of rotatable bonds is 7. The summed E-state index contributed by atoms with van der Waals surface area (Å²) in [6.07, 6.45) is 4.11. The molecule has 152 valence electrons. The fraction of sp³-hybridized carbons (Fsp3) is 0.333. The Kier molecular flexibility index (Phi) is 7.71. The first kappa shape index (κ1) is 21.4. The van der Waals surface area contributed by atoms with Crippen LogP contribution in [0, 0.1) is 6.92 Å². The van der Waals surface area contributed by atoms with Gasteiger partial charge in [-0.05, 0) is 59.2 Å². The molecule has 0 atom stereocenters. The highest BCUT2D eigenvalue weighted by Gasteiger charge is 2.13. The molecule has 0 fully saturated rings. The first-order chi connectivity index (χ1) is 14.1. The summed E-state index contributed by atoms with van der Waals surface area (Å²) in [6, 6.07) is 16.4. The standard InChI is InChI=1S/C21H25N5OS2/c1-16-9-7-13-19(26-21(27)25(2)23-24-26)18(16)15-29-20(28-3)22-14-8-12-17-10-5-4-6-11-17/h4-7,9-11,13H,8,12,14-15H2,1-3H3/b22-20+. The molecule has 0 aliphatic rings. The van der Waals surface area contributed by atoms with Gasteiger partial charge in [-0.25, -0.2) is 4.79 Å². The minimum atomic E-state index is -0.249. The van der Waals surface area contributed by atoms with Crippen LogP contribution in [0.3, 0.4) is 0 Å². The summed E-state index contributed by atoms with van der Waals surface area (Å²) in [5, 5.41) is 7.83. The molecule has 3 rings (SSSR count). The van der Waals surface area contributed by atoms with Crippen molar-refractivity contribution in [2.45, 2.75) is 25.5 Å². The third kappa shape index (κ3) is 5.61. The van der Waals surface area contributed by atoms with E-state index in [-0.39, 0.29) is 5.69 Å². The summed E-state index contributed by atoms with van der Waals surface area (Å²) in [6.45, 7) is 2.86. The zero-order chi connectivity index (χ0) is 20.6. The minimum Gasteiger partial charge on any atom is -0.272 e. The lowest BCUT2D eigenvalue weighted by molar-refractivity contribution is 0.692. The van der Waals surface area contributed by atoms with E-state index >= 15 is 0 Å². The van der Waals surface area contributed by atoms with Crippen LogP contribution in [0.4, 0.5) is 0 Å². The Morgan fingerprint density at radius 1 is 1.10 bits per heavy atom. The first-order valence-corrected chi connectivity index (χ1v) is 11.6. The van der Waals surface area contributed by atoms with Crippen molar-refractivity contribution in [3.8, 4) is 5.69 Å². The van der Waals surface area contributed by atoms with Gasteiger partial charge in [0.2, 0.25) is 0 Å². The number of hydrogen-bond acceptors (Lipinski definition) is 6. The number of aryl methyl sites for hydroxylation is 3. The first-order valence-electron chi connectivity index (χ1n) is 9.43. The lowest BCUT2D eigenvalue weighted by Gasteiger charge is -2.11. The van der Waals surface area contributed by atoms with Crippen molar-refractivity contribution in [3.05, 3.63) is 75.7 Å². The van der Waals surface area contributed by atoms with Crippen LogP contribution in [0.5, 0.6) is 0 Å². The highest BCUT2D eigenvalue weighted by atomic mass is 32.2. The topological polar surface area (TPSA) is 65.1 Å². The molecule has 0 aliphatic carbocycles. The lowest BCUT2D eigenvalue weighted by Crippen LogP contribution is -2.23. The van der Waals surface area contributed by atoms with Crippen molar-refractivity contribution in [1.29, 1.82) is 0 Å². The van der Waals surface area contributed by atoms with Crippen LogP contribution >= 0.6 is 23.5 Å². The van der Waals surface area contributed by atoms with Gasteiger partial charge in [0.1, 0.15) is 4.38 Å². The second-order valence-electron chi connectivity index (χ2n) is 6.60. The Bertz CT molecular complexity index is 1030. The molecule has 6 nitrogen and oxygen atoms in total. The van der Waals surface area contributed by atoms with E-state index in [1.165, 1.54) is 14.9 Å². The predicted octanol–water partition coefficient (Wildman–Crippen LogP) is 3.86. The van der Waals surface area contributed by atoms with Gasteiger partial charge in [-0.3, -0.25) is 4.99 Å². The normalized spacial score (nSPS) is 11.8. The molecule has 1 aromatic heterocycles. The number of nitrogens with zero attached hydrogens (tertiary/aromatic N) is 5. The predicted molar refractivity (Wildman–Crippen MR) is 123 cm³/mol. The van der Waals surface area contributed by atoms with Crippen LogP contribution < -0.4 is 5.69 Å². The van der Waals surface area contributed by atoms with Gasteiger partial charge in [0.05, 0.1) is 5.69 Å². The van der Waals surface area contributed by atoms with Crippen molar-refractivity contribution in [2.24, 2.45) is 12.0 Å². The van der Waals surface area contributed by atoms with E-state index in [4.69, 9.17) is 4.99 Å². The van der Waals surface area contributed by atoms with E-state index in [9.17, 15) is 4.79 Å². The molecule has 1 heterocycles. The number of hydrogen-bond donors (Lipinski definition) is 0. The Morgan fingerprint density at radius 2 is 1.90 bits per heavy atom. The summed E-state index contributed by atoms with van der Waals surface area (Å²) in [5.41, 5.74) is 4.07.